The van der Waals surface area contributed by atoms with Crippen molar-refractivity contribution in [1.29, 1.82) is 0 Å². The van der Waals surface area contributed by atoms with E-state index in [1.165, 1.54) is 39.6 Å². The highest BCUT2D eigenvalue weighted by atomic mass is 15.2. The minimum atomic E-state index is 0.383. The Kier molecular flexibility index (Phi) is 6.41. The van der Waals surface area contributed by atoms with Crippen molar-refractivity contribution in [3.8, 4) is 0 Å². The Labute approximate surface area is 214 Å². The van der Waals surface area contributed by atoms with Crippen LogP contribution in [-0.4, -0.2) is 6.04 Å². The molecule has 3 aliphatic carbocycles. The van der Waals surface area contributed by atoms with E-state index in [1.807, 2.05) is 0 Å². The number of rotatable bonds is 5. The van der Waals surface area contributed by atoms with Crippen LogP contribution < -0.4 is 9.80 Å². The van der Waals surface area contributed by atoms with Crippen LogP contribution in [0.5, 0.6) is 0 Å². The van der Waals surface area contributed by atoms with E-state index in [4.69, 9.17) is 0 Å². The molecule has 0 bridgehead atoms. The summed E-state index contributed by atoms with van der Waals surface area (Å²) in [4.78, 5) is 4.97. The van der Waals surface area contributed by atoms with Gasteiger partial charge in [-0.1, -0.05) is 78.9 Å². The number of anilines is 2. The zero-order chi connectivity index (χ0) is 24.2. The Bertz CT molecular complexity index is 1350. The van der Waals surface area contributed by atoms with Crippen molar-refractivity contribution in [2.75, 3.05) is 9.80 Å². The average Bonchev–Trinajstić information content (AvgIpc) is 3.09. The van der Waals surface area contributed by atoms with Gasteiger partial charge < -0.3 is 9.80 Å². The first-order chi connectivity index (χ1) is 17.9. The first-order valence-corrected chi connectivity index (χ1v) is 13.1. The summed E-state index contributed by atoms with van der Waals surface area (Å²) in [6.45, 7) is 0. The van der Waals surface area contributed by atoms with Gasteiger partial charge in [0.15, 0.2) is 0 Å². The van der Waals surface area contributed by atoms with Gasteiger partial charge in [0.05, 0.1) is 6.04 Å². The van der Waals surface area contributed by atoms with Gasteiger partial charge in [-0.2, -0.15) is 0 Å². The maximum Gasteiger partial charge on any atom is 0.0595 e. The lowest BCUT2D eigenvalue weighted by Crippen LogP contribution is -2.31. The van der Waals surface area contributed by atoms with Crippen LogP contribution in [0.15, 0.2) is 156 Å². The van der Waals surface area contributed by atoms with E-state index in [1.54, 1.807) is 0 Å². The summed E-state index contributed by atoms with van der Waals surface area (Å²) in [5.41, 5.74) is 9.10. The molecule has 178 valence electrons. The average molecular weight is 469 g/mol. The summed E-state index contributed by atoms with van der Waals surface area (Å²) in [7, 11) is 0. The zero-order valence-electron chi connectivity index (χ0n) is 20.6. The van der Waals surface area contributed by atoms with Crippen LogP contribution in [0.3, 0.4) is 0 Å². The molecule has 0 fully saturated rings. The first kappa shape index (κ1) is 22.4. The SMILES string of the molecule is C1=CCCC(N(C2=CC=C(C3=CC4=CC=CCCC4N3c3ccccc3)CC=C2)c2ccccc2)=C1. The van der Waals surface area contributed by atoms with Crippen LogP contribution in [0.1, 0.15) is 32.1 Å². The molecule has 1 heterocycles. The lowest BCUT2D eigenvalue weighted by atomic mass is 10.0. The quantitative estimate of drug-likeness (QED) is 0.434. The molecule has 0 aromatic heterocycles. The van der Waals surface area contributed by atoms with E-state index >= 15 is 0 Å². The summed E-state index contributed by atoms with van der Waals surface area (Å²) in [5, 5.41) is 0. The third kappa shape index (κ3) is 4.47. The first-order valence-electron chi connectivity index (χ1n) is 13.1. The summed E-state index contributed by atoms with van der Waals surface area (Å²) < 4.78 is 0. The van der Waals surface area contributed by atoms with Gasteiger partial charge in [0.25, 0.3) is 0 Å². The predicted molar refractivity (Wildman–Crippen MR) is 153 cm³/mol. The molecule has 0 N–H and O–H groups in total. The number of hydrogen-bond acceptors (Lipinski definition) is 2. The number of para-hydroxylation sites is 2. The fraction of sp³-hybridized carbons (Fsp3) is 0.176. The van der Waals surface area contributed by atoms with Crippen LogP contribution >= 0.6 is 0 Å². The van der Waals surface area contributed by atoms with Gasteiger partial charge in [-0.25, -0.2) is 0 Å². The predicted octanol–water partition coefficient (Wildman–Crippen LogP) is 8.55. The van der Waals surface area contributed by atoms with Crippen molar-refractivity contribution in [1.82, 2.24) is 0 Å². The Morgan fingerprint density at radius 3 is 2.33 bits per heavy atom. The Morgan fingerprint density at radius 2 is 1.53 bits per heavy atom. The number of nitrogens with zero attached hydrogens (tertiary/aromatic N) is 2. The van der Waals surface area contributed by atoms with Crippen LogP contribution in [0.4, 0.5) is 11.4 Å². The molecule has 2 heteroatoms. The third-order valence-electron chi connectivity index (χ3n) is 7.29. The fourth-order valence-corrected chi connectivity index (χ4v) is 5.57. The summed E-state index contributed by atoms with van der Waals surface area (Å²) in [6.07, 6.45) is 30.4. The summed E-state index contributed by atoms with van der Waals surface area (Å²) in [5.74, 6) is 0. The topological polar surface area (TPSA) is 6.48 Å². The highest BCUT2D eigenvalue weighted by Crippen LogP contribution is 2.40. The molecule has 4 aliphatic rings. The van der Waals surface area contributed by atoms with E-state index in [2.05, 4.69) is 137 Å². The summed E-state index contributed by atoms with van der Waals surface area (Å²) in [6, 6.07) is 22.0. The minimum absolute atomic E-state index is 0.383. The van der Waals surface area contributed by atoms with Crippen molar-refractivity contribution in [3.63, 3.8) is 0 Å². The van der Waals surface area contributed by atoms with Crippen molar-refractivity contribution in [2.45, 2.75) is 38.1 Å². The van der Waals surface area contributed by atoms with E-state index in [-0.39, 0.29) is 0 Å². The number of hydrogen-bond donors (Lipinski definition) is 0. The van der Waals surface area contributed by atoms with Crippen molar-refractivity contribution in [2.24, 2.45) is 0 Å². The van der Waals surface area contributed by atoms with Crippen LogP contribution in [0.2, 0.25) is 0 Å². The van der Waals surface area contributed by atoms with Crippen molar-refractivity contribution >= 4 is 11.4 Å². The molecule has 2 aromatic carbocycles. The molecule has 0 spiro atoms. The van der Waals surface area contributed by atoms with Gasteiger partial charge in [0.2, 0.25) is 0 Å². The van der Waals surface area contributed by atoms with Crippen LogP contribution in [0, 0.1) is 0 Å². The molecule has 1 atom stereocenters. The molecular weight excluding hydrogens is 436 g/mol. The monoisotopic (exact) mass is 468 g/mol. The van der Waals surface area contributed by atoms with Gasteiger partial charge in [-0.3, -0.25) is 0 Å². The molecule has 0 saturated heterocycles. The van der Waals surface area contributed by atoms with E-state index in [9.17, 15) is 0 Å². The zero-order valence-corrected chi connectivity index (χ0v) is 20.6. The smallest absolute Gasteiger partial charge is 0.0595 e. The second-order valence-corrected chi connectivity index (χ2v) is 9.61. The molecule has 0 amide bonds. The molecule has 1 unspecified atom stereocenters. The molecule has 2 nitrogen and oxygen atoms in total. The molecule has 2 aromatic rings. The normalized spacial score (nSPS) is 20.9. The molecule has 1 aliphatic heterocycles. The third-order valence-corrected chi connectivity index (χ3v) is 7.29. The van der Waals surface area contributed by atoms with E-state index in [0.29, 0.717) is 6.04 Å². The molecule has 6 rings (SSSR count). The highest BCUT2D eigenvalue weighted by molar-refractivity contribution is 5.68. The summed E-state index contributed by atoms with van der Waals surface area (Å²) >= 11 is 0. The fourth-order valence-electron chi connectivity index (χ4n) is 5.57. The standard InChI is InChI=1S/C34H32N2/c1-5-14-28-26-34(36(33(28)23-12-1)31-20-10-4-11-21-31)27-15-13-22-32(25-24-27)35(29-16-6-2-7-17-29)30-18-8-3-9-19-30/h1-8,10-11,13-14,16-18,20-22,24-26,33H,9,12,15,19,23H2. The van der Waals surface area contributed by atoms with E-state index in [0.717, 1.165) is 32.1 Å². The Balaban J connectivity index is 1.40. The molecule has 36 heavy (non-hydrogen) atoms. The van der Waals surface area contributed by atoms with Gasteiger partial charge in [-0.15, -0.1) is 0 Å². The maximum absolute atomic E-state index is 2.56. The number of benzene rings is 2. The minimum Gasteiger partial charge on any atom is -0.334 e. The van der Waals surface area contributed by atoms with Crippen LogP contribution in [-0.2, 0) is 0 Å². The lowest BCUT2D eigenvalue weighted by Gasteiger charge is -2.31. The number of fused-ring (bicyclic) bond motifs is 1. The van der Waals surface area contributed by atoms with Crippen molar-refractivity contribution < 1.29 is 0 Å². The lowest BCUT2D eigenvalue weighted by molar-refractivity contribution is 0.697. The maximum atomic E-state index is 2.56. The van der Waals surface area contributed by atoms with E-state index < -0.39 is 0 Å². The second-order valence-electron chi connectivity index (χ2n) is 9.61. The molecule has 0 saturated carbocycles. The van der Waals surface area contributed by atoms with Gasteiger partial charge in [-0.05, 0) is 91.8 Å². The Morgan fingerprint density at radius 1 is 0.750 bits per heavy atom. The molecular formula is C34H32N2. The molecule has 0 radical (unpaired) electrons. The highest BCUT2D eigenvalue weighted by Gasteiger charge is 2.32. The Hall–Kier alpha value is -4.04. The van der Waals surface area contributed by atoms with Gasteiger partial charge >= 0.3 is 0 Å². The van der Waals surface area contributed by atoms with Crippen LogP contribution in [0.25, 0.3) is 0 Å². The largest absolute Gasteiger partial charge is 0.334 e. The van der Waals surface area contributed by atoms with Crippen molar-refractivity contribution in [3.05, 3.63) is 156 Å². The second kappa shape index (κ2) is 10.3. The van der Waals surface area contributed by atoms with Gasteiger partial charge in [0, 0.05) is 28.5 Å². The van der Waals surface area contributed by atoms with Gasteiger partial charge in [0.1, 0.15) is 0 Å². The number of allylic oxidation sites excluding steroid dienone is 12.